The quantitative estimate of drug-likeness (QED) is 0.230. The highest BCUT2D eigenvalue weighted by Gasteiger charge is 2.85. The zero-order valence-corrected chi connectivity index (χ0v) is 33.7. The fourth-order valence-corrected chi connectivity index (χ4v) is 11.9. The van der Waals surface area contributed by atoms with Crippen molar-refractivity contribution in [3.8, 4) is 0 Å². The number of hydrogen-bond donors (Lipinski definition) is 1. The largest absolute Gasteiger partial charge is 0.363 e. The fourth-order valence-electron chi connectivity index (χ4n) is 11.9. The molecule has 2 spiro atoms. The molecule has 296 valence electrons. The van der Waals surface area contributed by atoms with E-state index >= 15 is 4.79 Å². The van der Waals surface area contributed by atoms with Crippen molar-refractivity contribution in [2.75, 3.05) is 39.8 Å². The molecule has 2 aliphatic heterocycles. The third-order valence-corrected chi connectivity index (χ3v) is 15.9. The van der Waals surface area contributed by atoms with Crippen molar-refractivity contribution in [2.24, 2.45) is 57.0 Å². The molecule has 6 fully saturated rings. The Labute approximate surface area is 318 Å². The number of hydrogen-bond acceptors (Lipinski definition) is 7. The van der Waals surface area contributed by atoms with E-state index < -0.39 is 35.0 Å². The van der Waals surface area contributed by atoms with Crippen molar-refractivity contribution in [3.05, 3.63) is 0 Å². The van der Waals surface area contributed by atoms with Crippen LogP contribution in [0, 0.1) is 51.2 Å². The first kappa shape index (κ1) is 40.1. The maximum atomic E-state index is 15.0. The molecule has 0 bridgehead atoms. The molecule has 53 heavy (non-hydrogen) atoms. The number of amides is 3. The standard InChI is InChI=1S/C43H68N4O6/c1-40(2,3)33(25-31(48)24-32(29-14-8-7-9-15-29)38(52)46-20-18-45(6)19-21-46)39(53)47-27-43(41(4,5)42(43)16-11-17-42)26-34(47)35(49)23-30(36(50)37(44)51)22-28-12-10-13-28/h28-30,32-34H,7-27H2,1-6H3,(H2,44,51)/t30?,32-,33+,34-,43+/m0/s1. The lowest BCUT2D eigenvalue weighted by atomic mass is 9.73. The van der Waals surface area contributed by atoms with Crippen molar-refractivity contribution >= 4 is 35.1 Å². The van der Waals surface area contributed by atoms with E-state index in [0.717, 1.165) is 83.7 Å². The second-order valence-electron chi connectivity index (χ2n) is 20.0. The molecule has 5 atom stereocenters. The van der Waals surface area contributed by atoms with Crippen LogP contribution in [0.15, 0.2) is 0 Å². The maximum absolute atomic E-state index is 15.0. The van der Waals surface area contributed by atoms with Crippen LogP contribution in [0.25, 0.3) is 0 Å². The van der Waals surface area contributed by atoms with Crippen molar-refractivity contribution in [1.29, 1.82) is 0 Å². The lowest BCUT2D eigenvalue weighted by molar-refractivity contribution is -0.147. The van der Waals surface area contributed by atoms with Gasteiger partial charge in [-0.05, 0) is 73.7 Å². The number of rotatable bonds is 14. The third kappa shape index (κ3) is 7.40. The van der Waals surface area contributed by atoms with Crippen LogP contribution in [-0.4, -0.2) is 95.6 Å². The number of primary amides is 1. The van der Waals surface area contributed by atoms with Crippen LogP contribution in [0.4, 0.5) is 0 Å². The summed E-state index contributed by atoms with van der Waals surface area (Å²) < 4.78 is 0. The Morgan fingerprint density at radius 2 is 1.42 bits per heavy atom. The predicted octanol–water partition coefficient (Wildman–Crippen LogP) is 5.59. The van der Waals surface area contributed by atoms with Crippen LogP contribution in [0.2, 0.25) is 0 Å². The molecule has 1 unspecified atom stereocenters. The second kappa shape index (κ2) is 15.1. The Hall–Kier alpha value is -2.62. The molecule has 0 aromatic carbocycles. The van der Waals surface area contributed by atoms with Crippen LogP contribution >= 0.6 is 0 Å². The molecule has 4 aliphatic carbocycles. The molecule has 0 radical (unpaired) electrons. The van der Waals surface area contributed by atoms with E-state index in [1.807, 2.05) is 25.7 Å². The second-order valence-corrected chi connectivity index (χ2v) is 20.0. The zero-order chi connectivity index (χ0) is 38.5. The third-order valence-electron chi connectivity index (χ3n) is 15.9. The van der Waals surface area contributed by atoms with Crippen LogP contribution in [0.5, 0.6) is 0 Å². The monoisotopic (exact) mass is 737 g/mol. The summed E-state index contributed by atoms with van der Waals surface area (Å²) in [4.78, 5) is 89.0. The van der Waals surface area contributed by atoms with Crippen LogP contribution in [0.1, 0.15) is 137 Å². The highest BCUT2D eigenvalue weighted by atomic mass is 16.2. The van der Waals surface area contributed by atoms with Crippen LogP contribution in [0.3, 0.4) is 0 Å². The first-order valence-corrected chi connectivity index (χ1v) is 21.1. The van der Waals surface area contributed by atoms with Gasteiger partial charge >= 0.3 is 0 Å². The van der Waals surface area contributed by atoms with Gasteiger partial charge in [0.2, 0.25) is 17.6 Å². The summed E-state index contributed by atoms with van der Waals surface area (Å²) in [6.07, 6.45) is 12.7. The number of nitrogens with two attached hydrogens (primary N) is 1. The van der Waals surface area contributed by atoms with Gasteiger partial charge in [0.25, 0.3) is 5.91 Å². The summed E-state index contributed by atoms with van der Waals surface area (Å²) in [6.45, 7) is 14.0. The minimum absolute atomic E-state index is 0.0327. The molecule has 10 nitrogen and oxygen atoms in total. The van der Waals surface area contributed by atoms with Gasteiger partial charge in [-0.2, -0.15) is 0 Å². The van der Waals surface area contributed by atoms with Gasteiger partial charge in [-0.3, -0.25) is 28.8 Å². The minimum Gasteiger partial charge on any atom is -0.363 e. The average Bonchev–Trinajstić information content (AvgIpc) is 3.28. The molecule has 3 amide bonds. The highest BCUT2D eigenvalue weighted by Crippen LogP contribution is 2.88. The number of likely N-dealkylation sites (N-methyl/N-ethyl adjacent to an activating group) is 1. The Morgan fingerprint density at radius 1 is 0.774 bits per heavy atom. The Balaban J connectivity index is 1.23. The summed E-state index contributed by atoms with van der Waals surface area (Å²) in [5.74, 6) is -3.30. The number of Topliss-reactive ketones (excluding diaryl/α,β-unsaturated/α-hetero) is 3. The lowest BCUT2D eigenvalue weighted by Gasteiger charge is -2.38. The molecule has 0 aromatic heterocycles. The predicted molar refractivity (Wildman–Crippen MR) is 203 cm³/mol. The Morgan fingerprint density at radius 3 is 1.92 bits per heavy atom. The van der Waals surface area contributed by atoms with Gasteiger partial charge in [0, 0.05) is 75.2 Å². The zero-order valence-electron chi connectivity index (χ0n) is 33.7. The lowest BCUT2D eigenvalue weighted by Crippen LogP contribution is -2.50. The fraction of sp³-hybridized carbons (Fsp3) is 0.860. The van der Waals surface area contributed by atoms with Crippen LogP contribution < -0.4 is 5.73 Å². The molecular formula is C43H68N4O6. The minimum atomic E-state index is -1.00. The topological polar surface area (TPSA) is 138 Å². The molecule has 4 saturated carbocycles. The summed E-state index contributed by atoms with van der Waals surface area (Å²) in [5, 5.41) is 0. The number of fused-ring (bicyclic) bond motifs is 1. The van der Waals surface area contributed by atoms with E-state index in [2.05, 4.69) is 25.8 Å². The van der Waals surface area contributed by atoms with E-state index in [1.165, 1.54) is 0 Å². The van der Waals surface area contributed by atoms with Gasteiger partial charge in [-0.1, -0.05) is 79.6 Å². The molecule has 6 aliphatic rings. The number of likely N-dealkylation sites (tertiary alicyclic amines) is 1. The van der Waals surface area contributed by atoms with Crippen molar-refractivity contribution in [2.45, 2.75) is 143 Å². The van der Waals surface area contributed by atoms with Gasteiger partial charge in [0.1, 0.15) is 5.78 Å². The molecule has 10 heteroatoms. The summed E-state index contributed by atoms with van der Waals surface area (Å²) in [6, 6.07) is -0.708. The summed E-state index contributed by atoms with van der Waals surface area (Å²) >= 11 is 0. The molecule has 6 rings (SSSR count). The summed E-state index contributed by atoms with van der Waals surface area (Å²) in [7, 11) is 2.07. The van der Waals surface area contributed by atoms with Crippen LogP contribution in [-0.2, 0) is 28.8 Å². The average molecular weight is 737 g/mol. The number of nitrogens with zero attached hydrogens (tertiary/aromatic N) is 3. The van der Waals surface area contributed by atoms with Crippen molar-refractivity contribution in [1.82, 2.24) is 14.7 Å². The van der Waals surface area contributed by atoms with E-state index in [9.17, 15) is 24.0 Å². The van der Waals surface area contributed by atoms with Gasteiger partial charge < -0.3 is 20.4 Å². The van der Waals surface area contributed by atoms with E-state index in [-0.39, 0.29) is 70.7 Å². The normalized spacial score (nSPS) is 28.9. The van der Waals surface area contributed by atoms with Crippen molar-refractivity contribution in [3.63, 3.8) is 0 Å². The van der Waals surface area contributed by atoms with Gasteiger partial charge in [-0.15, -0.1) is 0 Å². The first-order valence-electron chi connectivity index (χ1n) is 21.1. The smallest absolute Gasteiger partial charge is 0.285 e. The molecule has 2 heterocycles. The molecular weight excluding hydrogens is 668 g/mol. The SMILES string of the molecule is CN1CCN(C(=O)[C@@H](CC(=O)C[C@H](C(=O)N2C[C@]3(C[C@H]2C(=O)CC(CC2CCC2)C(=O)C(N)=O)C(C)(C)C32CCC2)C(C)(C)C)C2CCCCC2)CC1. The summed E-state index contributed by atoms with van der Waals surface area (Å²) in [5.41, 5.74) is 4.77. The molecule has 0 aromatic rings. The van der Waals surface area contributed by atoms with Crippen molar-refractivity contribution < 1.29 is 28.8 Å². The molecule has 2 N–H and O–H groups in total. The number of carbonyl (C=O) groups excluding carboxylic acids is 6. The van der Waals surface area contributed by atoms with E-state index in [1.54, 1.807) is 4.90 Å². The number of piperazine rings is 1. The van der Waals surface area contributed by atoms with Gasteiger partial charge in [-0.25, -0.2) is 0 Å². The van der Waals surface area contributed by atoms with Gasteiger partial charge in [0.05, 0.1) is 6.04 Å². The molecule has 2 saturated heterocycles. The highest BCUT2D eigenvalue weighted by molar-refractivity contribution is 6.36. The number of carbonyl (C=O) groups is 6. The Kier molecular flexibility index (Phi) is 11.4. The van der Waals surface area contributed by atoms with Gasteiger partial charge in [0.15, 0.2) is 5.78 Å². The van der Waals surface area contributed by atoms with E-state index in [0.29, 0.717) is 38.4 Å². The Bertz CT molecular complexity index is 1440. The van der Waals surface area contributed by atoms with E-state index in [4.69, 9.17) is 5.73 Å². The maximum Gasteiger partial charge on any atom is 0.285 e. The first-order chi connectivity index (χ1) is 24.9. The number of ketones is 3.